The van der Waals surface area contributed by atoms with Crippen molar-refractivity contribution in [3.8, 4) is 16.9 Å². The van der Waals surface area contributed by atoms with Gasteiger partial charge in [0.15, 0.2) is 11.6 Å². The average Bonchev–Trinajstić information content (AvgIpc) is 2.72. The highest BCUT2D eigenvalue weighted by Crippen LogP contribution is 2.39. The summed E-state index contributed by atoms with van der Waals surface area (Å²) in [6.07, 6.45) is 10.8. The molecule has 1 fully saturated rings. The van der Waals surface area contributed by atoms with Crippen molar-refractivity contribution in [3.63, 3.8) is 0 Å². The van der Waals surface area contributed by atoms with E-state index in [1.54, 1.807) is 19.1 Å². The van der Waals surface area contributed by atoms with Crippen molar-refractivity contribution in [2.24, 2.45) is 5.92 Å². The van der Waals surface area contributed by atoms with Crippen LogP contribution in [0.25, 0.3) is 11.1 Å². The van der Waals surface area contributed by atoms with E-state index in [9.17, 15) is 13.2 Å². The minimum atomic E-state index is -1.04. The summed E-state index contributed by atoms with van der Waals surface area (Å²) in [7, 11) is 0. The fraction of sp³-hybridized carbons (Fsp3) is 0.440. The van der Waals surface area contributed by atoms with Crippen molar-refractivity contribution in [2.75, 3.05) is 6.61 Å². The van der Waals surface area contributed by atoms with Gasteiger partial charge in [-0.1, -0.05) is 24.3 Å². The molecule has 1 saturated carbocycles. The standard InChI is InChI=1S/C25H29F3O/c1-3-5-6-7-17-8-10-18(11-9-17)20-13-12-19(16-22(20)26)21-14-15-23(29-4-2)25(28)24(21)27/h3,5,12-18H,4,6-11H2,1-2H3. The predicted octanol–water partition coefficient (Wildman–Crippen LogP) is 7.80. The molecule has 0 aromatic heterocycles. The number of hydrogen-bond acceptors (Lipinski definition) is 1. The first-order valence-corrected chi connectivity index (χ1v) is 10.6. The molecule has 4 heteroatoms. The Balaban J connectivity index is 1.72. The van der Waals surface area contributed by atoms with E-state index in [0.717, 1.165) is 32.1 Å². The number of ether oxygens (including phenoxy) is 1. The third-order valence-corrected chi connectivity index (χ3v) is 5.92. The monoisotopic (exact) mass is 402 g/mol. The molecule has 156 valence electrons. The van der Waals surface area contributed by atoms with Crippen LogP contribution in [0, 0.1) is 23.4 Å². The second-order valence-electron chi connectivity index (χ2n) is 7.77. The van der Waals surface area contributed by atoms with Gasteiger partial charge in [0.05, 0.1) is 6.61 Å². The molecule has 0 N–H and O–H groups in total. The maximum absolute atomic E-state index is 14.8. The number of benzene rings is 2. The highest BCUT2D eigenvalue weighted by atomic mass is 19.2. The highest BCUT2D eigenvalue weighted by Gasteiger charge is 2.24. The fourth-order valence-corrected chi connectivity index (χ4v) is 4.31. The molecule has 0 bridgehead atoms. The van der Waals surface area contributed by atoms with E-state index < -0.39 is 11.6 Å². The molecular formula is C25H29F3O. The van der Waals surface area contributed by atoms with Gasteiger partial charge in [-0.2, -0.15) is 4.39 Å². The molecule has 0 amide bonds. The van der Waals surface area contributed by atoms with Crippen molar-refractivity contribution in [1.29, 1.82) is 0 Å². The topological polar surface area (TPSA) is 9.23 Å². The van der Waals surface area contributed by atoms with Crippen LogP contribution in [-0.4, -0.2) is 6.61 Å². The van der Waals surface area contributed by atoms with Gasteiger partial charge < -0.3 is 4.74 Å². The van der Waals surface area contributed by atoms with Crippen molar-refractivity contribution >= 4 is 0 Å². The molecule has 3 rings (SSSR count). The van der Waals surface area contributed by atoms with E-state index in [2.05, 4.69) is 12.2 Å². The van der Waals surface area contributed by atoms with Crippen LogP contribution in [0.5, 0.6) is 5.75 Å². The Labute approximate surface area is 171 Å². The molecule has 0 radical (unpaired) electrons. The van der Waals surface area contributed by atoms with Gasteiger partial charge in [0.25, 0.3) is 0 Å². The molecule has 2 aromatic rings. The molecule has 0 aliphatic heterocycles. The van der Waals surface area contributed by atoms with Gasteiger partial charge in [0, 0.05) is 5.56 Å². The van der Waals surface area contributed by atoms with Crippen LogP contribution in [-0.2, 0) is 0 Å². The normalized spacial score (nSPS) is 19.6. The summed E-state index contributed by atoms with van der Waals surface area (Å²) >= 11 is 0. The van der Waals surface area contributed by atoms with E-state index >= 15 is 0 Å². The van der Waals surface area contributed by atoms with Gasteiger partial charge in [0.2, 0.25) is 5.82 Å². The SMILES string of the molecule is CC=CCCC1CCC(c2ccc(-c3ccc(OCC)c(F)c3F)cc2F)CC1. The zero-order chi connectivity index (χ0) is 20.8. The van der Waals surface area contributed by atoms with E-state index in [4.69, 9.17) is 4.74 Å². The van der Waals surface area contributed by atoms with Crippen LogP contribution in [0.2, 0.25) is 0 Å². The van der Waals surface area contributed by atoms with Crippen molar-refractivity contribution < 1.29 is 17.9 Å². The summed E-state index contributed by atoms with van der Waals surface area (Å²) in [5, 5.41) is 0. The molecule has 1 aliphatic rings. The Morgan fingerprint density at radius 1 is 1.00 bits per heavy atom. The Bertz CT molecular complexity index is 851. The van der Waals surface area contributed by atoms with Gasteiger partial charge in [0.1, 0.15) is 5.82 Å². The average molecular weight is 403 g/mol. The summed E-state index contributed by atoms with van der Waals surface area (Å²) in [6.45, 7) is 3.99. The lowest BCUT2D eigenvalue weighted by atomic mass is 9.77. The van der Waals surface area contributed by atoms with Crippen LogP contribution < -0.4 is 4.74 Å². The Kier molecular flexibility index (Phi) is 7.40. The van der Waals surface area contributed by atoms with Crippen LogP contribution in [0.4, 0.5) is 13.2 Å². The van der Waals surface area contributed by atoms with Crippen LogP contribution in [0.1, 0.15) is 63.9 Å². The summed E-state index contributed by atoms with van der Waals surface area (Å²) in [6, 6.07) is 7.58. The number of rotatable bonds is 7. The van der Waals surface area contributed by atoms with E-state index in [1.807, 2.05) is 6.92 Å². The second-order valence-corrected chi connectivity index (χ2v) is 7.77. The summed E-state index contributed by atoms with van der Waals surface area (Å²) in [5.74, 6) is -1.60. The van der Waals surface area contributed by atoms with Crippen LogP contribution in [0.3, 0.4) is 0 Å². The summed E-state index contributed by atoms with van der Waals surface area (Å²) < 4.78 is 48.5. The first-order valence-electron chi connectivity index (χ1n) is 10.6. The largest absolute Gasteiger partial charge is 0.491 e. The molecule has 0 saturated heterocycles. The third kappa shape index (κ3) is 5.04. The van der Waals surface area contributed by atoms with Crippen LogP contribution in [0.15, 0.2) is 42.5 Å². The lowest BCUT2D eigenvalue weighted by molar-refractivity contribution is 0.308. The predicted molar refractivity (Wildman–Crippen MR) is 112 cm³/mol. The minimum absolute atomic E-state index is 0.0455. The summed E-state index contributed by atoms with van der Waals surface area (Å²) in [5.41, 5.74) is 1.07. The lowest BCUT2D eigenvalue weighted by Crippen LogP contribution is -2.14. The quantitative estimate of drug-likeness (QED) is 0.429. The van der Waals surface area contributed by atoms with Crippen LogP contribution >= 0.6 is 0 Å². The Morgan fingerprint density at radius 3 is 2.41 bits per heavy atom. The molecule has 0 unspecified atom stereocenters. The number of halogens is 3. The molecule has 0 atom stereocenters. The molecule has 29 heavy (non-hydrogen) atoms. The van der Waals surface area contributed by atoms with Gasteiger partial charge >= 0.3 is 0 Å². The maximum Gasteiger partial charge on any atom is 0.201 e. The van der Waals surface area contributed by atoms with Gasteiger partial charge in [-0.25, -0.2) is 8.78 Å². The van der Waals surface area contributed by atoms with E-state index in [0.29, 0.717) is 17.0 Å². The zero-order valence-corrected chi connectivity index (χ0v) is 17.2. The minimum Gasteiger partial charge on any atom is -0.491 e. The lowest BCUT2D eigenvalue weighted by Gasteiger charge is -2.29. The van der Waals surface area contributed by atoms with Crippen molar-refractivity contribution in [1.82, 2.24) is 0 Å². The maximum atomic E-state index is 14.8. The Hall–Kier alpha value is -2.23. The first kappa shape index (κ1) is 21.5. The van der Waals surface area contributed by atoms with Gasteiger partial charge in [-0.05, 0) is 93.5 Å². The van der Waals surface area contributed by atoms with Crippen molar-refractivity contribution in [3.05, 3.63) is 65.5 Å². The second kappa shape index (κ2) is 10.00. The first-order chi connectivity index (χ1) is 14.0. The smallest absolute Gasteiger partial charge is 0.201 e. The van der Waals surface area contributed by atoms with E-state index in [-0.39, 0.29) is 29.7 Å². The molecular weight excluding hydrogens is 373 g/mol. The summed E-state index contributed by atoms with van der Waals surface area (Å²) in [4.78, 5) is 0. The molecule has 0 heterocycles. The van der Waals surface area contributed by atoms with E-state index in [1.165, 1.54) is 24.6 Å². The third-order valence-electron chi connectivity index (χ3n) is 5.92. The number of hydrogen-bond donors (Lipinski definition) is 0. The zero-order valence-electron chi connectivity index (χ0n) is 17.2. The highest BCUT2D eigenvalue weighted by molar-refractivity contribution is 5.66. The molecule has 1 aliphatic carbocycles. The van der Waals surface area contributed by atoms with Gasteiger partial charge in [-0.15, -0.1) is 0 Å². The molecule has 2 aromatic carbocycles. The Morgan fingerprint density at radius 2 is 1.76 bits per heavy atom. The van der Waals surface area contributed by atoms with Crippen molar-refractivity contribution in [2.45, 2.75) is 58.3 Å². The number of allylic oxidation sites excluding steroid dienone is 2. The molecule has 0 spiro atoms. The van der Waals surface area contributed by atoms with Gasteiger partial charge in [-0.3, -0.25) is 0 Å². The fourth-order valence-electron chi connectivity index (χ4n) is 4.31. The molecule has 1 nitrogen and oxygen atoms in total.